The summed E-state index contributed by atoms with van der Waals surface area (Å²) < 4.78 is 28.3. The number of imidazole rings is 1. The largest absolute Gasteiger partial charge is 0.288 e. The van der Waals surface area contributed by atoms with Gasteiger partial charge in [-0.2, -0.15) is 8.42 Å². The van der Waals surface area contributed by atoms with Crippen LogP contribution in [0.2, 0.25) is 5.15 Å². The molecule has 1 N–H and O–H groups in total. The molecule has 1 amide bonds. The SMILES string of the molecule is CC(CC(=O)NS(=O)(=O)c1c(Cl)nc2ccccn12)C1CC1. The minimum atomic E-state index is -4.06. The highest BCUT2D eigenvalue weighted by Crippen LogP contribution is 2.38. The monoisotopic (exact) mass is 341 g/mol. The molecule has 22 heavy (non-hydrogen) atoms. The zero-order valence-corrected chi connectivity index (χ0v) is 13.6. The fourth-order valence-corrected chi connectivity index (χ4v) is 4.19. The lowest BCUT2D eigenvalue weighted by Gasteiger charge is -2.11. The van der Waals surface area contributed by atoms with Gasteiger partial charge in [-0.05, 0) is 36.8 Å². The normalized spacial score (nSPS) is 16.6. The molecule has 2 aromatic rings. The molecule has 2 aromatic heterocycles. The van der Waals surface area contributed by atoms with E-state index in [1.807, 2.05) is 6.92 Å². The number of hydrogen-bond acceptors (Lipinski definition) is 4. The molecule has 0 radical (unpaired) electrons. The summed E-state index contributed by atoms with van der Waals surface area (Å²) in [6, 6.07) is 5.04. The lowest BCUT2D eigenvalue weighted by atomic mass is 10.0. The lowest BCUT2D eigenvalue weighted by Crippen LogP contribution is -2.32. The Labute approximate surface area is 133 Å². The van der Waals surface area contributed by atoms with E-state index in [9.17, 15) is 13.2 Å². The second-order valence-electron chi connectivity index (χ2n) is 5.68. The van der Waals surface area contributed by atoms with Crippen molar-refractivity contribution in [2.24, 2.45) is 11.8 Å². The molecular weight excluding hydrogens is 326 g/mol. The Morgan fingerprint density at radius 1 is 1.50 bits per heavy atom. The molecule has 6 nitrogen and oxygen atoms in total. The van der Waals surface area contributed by atoms with Crippen LogP contribution in [-0.4, -0.2) is 23.7 Å². The van der Waals surface area contributed by atoms with Gasteiger partial charge in [0.15, 0.2) is 10.2 Å². The quantitative estimate of drug-likeness (QED) is 0.904. The third-order valence-corrected chi connectivity index (χ3v) is 5.65. The Hall–Kier alpha value is -1.60. The highest BCUT2D eigenvalue weighted by Gasteiger charge is 2.31. The van der Waals surface area contributed by atoms with Crippen molar-refractivity contribution >= 4 is 33.2 Å². The van der Waals surface area contributed by atoms with Gasteiger partial charge in [-0.15, -0.1) is 0 Å². The molecule has 0 aromatic carbocycles. The zero-order valence-electron chi connectivity index (χ0n) is 12.0. The molecule has 1 saturated carbocycles. The third-order valence-electron chi connectivity index (χ3n) is 3.88. The van der Waals surface area contributed by atoms with Crippen molar-refractivity contribution in [3.63, 3.8) is 0 Å². The van der Waals surface area contributed by atoms with Crippen molar-refractivity contribution in [1.82, 2.24) is 14.1 Å². The van der Waals surface area contributed by atoms with Crippen molar-refractivity contribution in [2.75, 3.05) is 0 Å². The van der Waals surface area contributed by atoms with Crippen molar-refractivity contribution in [3.05, 3.63) is 29.5 Å². The first-order valence-corrected chi connectivity index (χ1v) is 8.93. The summed E-state index contributed by atoms with van der Waals surface area (Å²) in [7, 11) is -4.06. The average molecular weight is 342 g/mol. The van der Waals surface area contributed by atoms with Crippen LogP contribution in [0.15, 0.2) is 29.4 Å². The van der Waals surface area contributed by atoms with Gasteiger partial charge in [0.05, 0.1) is 0 Å². The summed E-state index contributed by atoms with van der Waals surface area (Å²) in [5, 5.41) is -0.362. The van der Waals surface area contributed by atoms with E-state index in [4.69, 9.17) is 11.6 Å². The van der Waals surface area contributed by atoms with Crippen LogP contribution in [0, 0.1) is 11.8 Å². The van der Waals surface area contributed by atoms with Crippen LogP contribution in [0.5, 0.6) is 0 Å². The Morgan fingerprint density at radius 3 is 2.91 bits per heavy atom. The predicted octanol–water partition coefficient (Wildman–Crippen LogP) is 2.23. The van der Waals surface area contributed by atoms with Crippen molar-refractivity contribution in [2.45, 2.75) is 31.2 Å². The first-order valence-electron chi connectivity index (χ1n) is 7.06. The summed E-state index contributed by atoms with van der Waals surface area (Å²) in [6.07, 6.45) is 3.96. The lowest BCUT2D eigenvalue weighted by molar-refractivity contribution is -0.120. The fourth-order valence-electron chi connectivity index (χ4n) is 2.55. The van der Waals surface area contributed by atoms with Crippen molar-refractivity contribution < 1.29 is 13.2 Å². The Balaban J connectivity index is 1.85. The van der Waals surface area contributed by atoms with Gasteiger partial charge in [-0.3, -0.25) is 9.20 Å². The number of rotatable bonds is 5. The molecule has 0 saturated heterocycles. The van der Waals surface area contributed by atoms with E-state index in [0.717, 1.165) is 12.8 Å². The van der Waals surface area contributed by atoms with E-state index in [2.05, 4.69) is 9.71 Å². The molecule has 1 fully saturated rings. The highest BCUT2D eigenvalue weighted by atomic mass is 35.5. The van der Waals surface area contributed by atoms with Gasteiger partial charge in [0.25, 0.3) is 10.0 Å². The van der Waals surface area contributed by atoms with Gasteiger partial charge in [0, 0.05) is 12.6 Å². The molecule has 8 heteroatoms. The summed E-state index contributed by atoms with van der Waals surface area (Å²) in [5.41, 5.74) is 0.409. The fraction of sp³-hybridized carbons (Fsp3) is 0.429. The van der Waals surface area contributed by atoms with E-state index >= 15 is 0 Å². The minimum absolute atomic E-state index is 0.151. The number of amides is 1. The molecule has 0 bridgehead atoms. The predicted molar refractivity (Wildman–Crippen MR) is 82.0 cm³/mol. The molecule has 1 aliphatic carbocycles. The first-order chi connectivity index (χ1) is 10.4. The molecule has 1 atom stereocenters. The number of sulfonamides is 1. The number of nitrogens with one attached hydrogen (secondary N) is 1. The first kappa shape index (κ1) is 15.3. The number of aromatic nitrogens is 2. The van der Waals surface area contributed by atoms with E-state index in [1.165, 1.54) is 4.40 Å². The Morgan fingerprint density at radius 2 is 2.23 bits per heavy atom. The number of carbonyl (C=O) groups is 1. The number of nitrogens with zero attached hydrogens (tertiary/aromatic N) is 2. The second-order valence-corrected chi connectivity index (χ2v) is 7.64. The van der Waals surface area contributed by atoms with Crippen molar-refractivity contribution in [3.8, 4) is 0 Å². The van der Waals surface area contributed by atoms with Gasteiger partial charge in [-0.1, -0.05) is 24.6 Å². The molecule has 3 rings (SSSR count). The van der Waals surface area contributed by atoms with Gasteiger partial charge in [0.2, 0.25) is 5.91 Å². The van der Waals surface area contributed by atoms with Gasteiger partial charge < -0.3 is 0 Å². The maximum absolute atomic E-state index is 12.4. The number of carbonyl (C=O) groups excluding carboxylic acids is 1. The Bertz CT molecular complexity index is 827. The summed E-state index contributed by atoms with van der Waals surface area (Å²) in [6.45, 7) is 1.96. The number of pyridine rings is 1. The van der Waals surface area contributed by atoms with Crippen LogP contribution >= 0.6 is 11.6 Å². The van der Waals surface area contributed by atoms with Crippen LogP contribution in [-0.2, 0) is 14.8 Å². The van der Waals surface area contributed by atoms with E-state index < -0.39 is 15.9 Å². The van der Waals surface area contributed by atoms with Gasteiger partial charge >= 0.3 is 0 Å². The smallest absolute Gasteiger partial charge is 0.283 e. The van der Waals surface area contributed by atoms with Crippen LogP contribution in [0.4, 0.5) is 0 Å². The maximum atomic E-state index is 12.4. The number of fused-ring (bicyclic) bond motifs is 1. The molecule has 1 aliphatic rings. The van der Waals surface area contributed by atoms with Crippen molar-refractivity contribution in [1.29, 1.82) is 0 Å². The van der Waals surface area contributed by atoms with Gasteiger partial charge in [-0.25, -0.2) is 9.71 Å². The molecule has 0 spiro atoms. The molecular formula is C14H16ClN3O3S. The summed E-state index contributed by atoms with van der Waals surface area (Å²) in [4.78, 5) is 16.0. The zero-order chi connectivity index (χ0) is 15.9. The van der Waals surface area contributed by atoms with Crippen LogP contribution in [0.1, 0.15) is 26.2 Å². The van der Waals surface area contributed by atoms with Crippen LogP contribution in [0.25, 0.3) is 5.65 Å². The number of halogens is 1. The van der Waals surface area contributed by atoms with Crippen LogP contribution in [0.3, 0.4) is 0 Å². The molecule has 0 aliphatic heterocycles. The average Bonchev–Trinajstić information content (AvgIpc) is 3.19. The summed E-state index contributed by atoms with van der Waals surface area (Å²) in [5.74, 6) is 0.210. The molecule has 1 unspecified atom stereocenters. The second kappa shape index (κ2) is 5.55. The van der Waals surface area contributed by atoms with Gasteiger partial charge in [0.1, 0.15) is 5.65 Å². The van der Waals surface area contributed by atoms with E-state index in [1.54, 1.807) is 24.4 Å². The highest BCUT2D eigenvalue weighted by molar-refractivity contribution is 7.90. The minimum Gasteiger partial charge on any atom is -0.288 e. The standard InChI is InChI=1S/C14H16ClN3O3S/c1-9(10-5-6-10)8-12(19)17-22(20,21)14-13(15)16-11-4-2-3-7-18(11)14/h2-4,7,9-10H,5-6,8H2,1H3,(H,17,19). The maximum Gasteiger partial charge on any atom is 0.283 e. The van der Waals surface area contributed by atoms with E-state index in [0.29, 0.717) is 11.6 Å². The molecule has 118 valence electrons. The number of hydrogen-bond donors (Lipinski definition) is 1. The van der Waals surface area contributed by atoms with Crippen LogP contribution < -0.4 is 4.72 Å². The Kier molecular flexibility index (Phi) is 3.86. The summed E-state index contributed by atoms with van der Waals surface area (Å²) >= 11 is 5.94. The van der Waals surface area contributed by atoms with E-state index in [-0.39, 0.29) is 22.5 Å². The third kappa shape index (κ3) is 2.96. The molecule has 2 heterocycles. The topological polar surface area (TPSA) is 80.5 Å².